The van der Waals surface area contributed by atoms with Crippen LogP contribution in [0.2, 0.25) is 0 Å². The second-order valence-corrected chi connectivity index (χ2v) is 5.80. The van der Waals surface area contributed by atoms with E-state index in [2.05, 4.69) is 26.2 Å². The van der Waals surface area contributed by atoms with Crippen LogP contribution in [0.15, 0.2) is 27.7 Å². The zero-order chi connectivity index (χ0) is 13.7. The van der Waals surface area contributed by atoms with Crippen LogP contribution >= 0.6 is 15.9 Å². The van der Waals surface area contributed by atoms with Gasteiger partial charge in [-0.15, -0.1) is 0 Å². The molecule has 0 atom stereocenters. The Kier molecular flexibility index (Phi) is 5.19. The third-order valence-corrected chi connectivity index (χ3v) is 4.06. The highest BCUT2D eigenvalue weighted by Crippen LogP contribution is 2.26. The third-order valence-electron chi connectivity index (χ3n) is 3.45. The van der Waals surface area contributed by atoms with E-state index in [0.29, 0.717) is 17.0 Å². The molecule has 0 unspecified atom stereocenters. The average molecular weight is 328 g/mol. The normalized spacial score (nSPS) is 16.2. The SMILES string of the molecule is NC(=NCC1CCC1)NCCc1ccc(F)c(Br)c1. The molecule has 2 rings (SSSR count). The van der Waals surface area contributed by atoms with Crippen molar-refractivity contribution in [1.29, 1.82) is 0 Å². The summed E-state index contributed by atoms with van der Waals surface area (Å²) in [5.41, 5.74) is 6.85. The molecule has 0 saturated heterocycles. The fourth-order valence-corrected chi connectivity index (χ4v) is 2.41. The summed E-state index contributed by atoms with van der Waals surface area (Å²) in [4.78, 5) is 4.32. The maximum Gasteiger partial charge on any atom is 0.188 e. The van der Waals surface area contributed by atoms with Gasteiger partial charge in [0.25, 0.3) is 0 Å². The first-order chi connectivity index (χ1) is 9.15. The summed E-state index contributed by atoms with van der Waals surface area (Å²) >= 11 is 3.18. The minimum Gasteiger partial charge on any atom is -0.370 e. The number of aliphatic imine (C=N–C) groups is 1. The van der Waals surface area contributed by atoms with Crippen molar-refractivity contribution in [2.75, 3.05) is 13.1 Å². The molecule has 3 N–H and O–H groups in total. The highest BCUT2D eigenvalue weighted by Gasteiger charge is 2.16. The largest absolute Gasteiger partial charge is 0.370 e. The maximum atomic E-state index is 13.1. The van der Waals surface area contributed by atoms with Gasteiger partial charge in [0.2, 0.25) is 0 Å². The van der Waals surface area contributed by atoms with Gasteiger partial charge in [0.05, 0.1) is 4.47 Å². The fourth-order valence-electron chi connectivity index (χ4n) is 1.99. The van der Waals surface area contributed by atoms with E-state index in [0.717, 1.165) is 24.4 Å². The van der Waals surface area contributed by atoms with E-state index in [4.69, 9.17) is 5.73 Å². The smallest absolute Gasteiger partial charge is 0.188 e. The van der Waals surface area contributed by atoms with E-state index >= 15 is 0 Å². The number of halogens is 2. The van der Waals surface area contributed by atoms with Gasteiger partial charge >= 0.3 is 0 Å². The van der Waals surface area contributed by atoms with E-state index in [1.165, 1.54) is 25.3 Å². The summed E-state index contributed by atoms with van der Waals surface area (Å²) in [6.07, 6.45) is 4.67. The Morgan fingerprint density at radius 1 is 1.47 bits per heavy atom. The van der Waals surface area contributed by atoms with Crippen molar-refractivity contribution in [2.45, 2.75) is 25.7 Å². The lowest BCUT2D eigenvalue weighted by atomic mass is 9.86. The van der Waals surface area contributed by atoms with Gasteiger partial charge in [-0.2, -0.15) is 0 Å². The van der Waals surface area contributed by atoms with E-state index < -0.39 is 0 Å². The molecule has 1 fully saturated rings. The van der Waals surface area contributed by atoms with Gasteiger partial charge in [-0.05, 0) is 58.8 Å². The van der Waals surface area contributed by atoms with Crippen LogP contribution in [0, 0.1) is 11.7 Å². The lowest BCUT2D eigenvalue weighted by Gasteiger charge is -2.23. The average Bonchev–Trinajstić information content (AvgIpc) is 2.32. The molecule has 1 aliphatic rings. The van der Waals surface area contributed by atoms with Crippen LogP contribution < -0.4 is 11.1 Å². The van der Waals surface area contributed by atoms with Gasteiger partial charge in [0.15, 0.2) is 5.96 Å². The molecule has 1 saturated carbocycles. The lowest BCUT2D eigenvalue weighted by Crippen LogP contribution is -2.34. The minimum atomic E-state index is -0.238. The number of nitrogens with two attached hydrogens (primary N) is 1. The monoisotopic (exact) mass is 327 g/mol. The molecule has 0 aromatic heterocycles. The first-order valence-corrected chi connectivity index (χ1v) is 7.42. The number of benzene rings is 1. The third kappa shape index (κ3) is 4.49. The van der Waals surface area contributed by atoms with Gasteiger partial charge in [-0.25, -0.2) is 4.39 Å². The summed E-state index contributed by atoms with van der Waals surface area (Å²) < 4.78 is 13.6. The number of hydrogen-bond donors (Lipinski definition) is 2. The van der Waals surface area contributed by atoms with Crippen molar-refractivity contribution in [1.82, 2.24) is 5.32 Å². The maximum absolute atomic E-state index is 13.1. The second kappa shape index (κ2) is 6.89. The summed E-state index contributed by atoms with van der Waals surface area (Å²) in [6.45, 7) is 1.54. The van der Waals surface area contributed by atoms with E-state index in [1.54, 1.807) is 12.1 Å². The minimum absolute atomic E-state index is 0.238. The Balaban J connectivity index is 1.71. The first kappa shape index (κ1) is 14.3. The molecule has 0 aliphatic heterocycles. The molecule has 0 amide bonds. The second-order valence-electron chi connectivity index (χ2n) is 4.95. The van der Waals surface area contributed by atoms with Crippen molar-refractivity contribution in [3.05, 3.63) is 34.1 Å². The Hall–Kier alpha value is -1.10. The Morgan fingerprint density at radius 3 is 2.89 bits per heavy atom. The highest BCUT2D eigenvalue weighted by molar-refractivity contribution is 9.10. The van der Waals surface area contributed by atoms with Crippen LogP contribution in [-0.2, 0) is 6.42 Å². The van der Waals surface area contributed by atoms with Crippen LogP contribution in [-0.4, -0.2) is 19.0 Å². The van der Waals surface area contributed by atoms with Gasteiger partial charge in [-0.3, -0.25) is 4.99 Å². The zero-order valence-electron chi connectivity index (χ0n) is 10.8. The predicted molar refractivity (Wildman–Crippen MR) is 79.6 cm³/mol. The number of guanidine groups is 1. The van der Waals surface area contributed by atoms with Crippen LogP contribution in [0.3, 0.4) is 0 Å². The lowest BCUT2D eigenvalue weighted by molar-refractivity contribution is 0.326. The van der Waals surface area contributed by atoms with Crippen molar-refractivity contribution < 1.29 is 4.39 Å². The zero-order valence-corrected chi connectivity index (χ0v) is 12.4. The molecule has 104 valence electrons. The summed E-state index contributed by atoms with van der Waals surface area (Å²) in [6, 6.07) is 5.04. The molecule has 3 nitrogen and oxygen atoms in total. The Labute approximate surface area is 121 Å². The van der Waals surface area contributed by atoms with Crippen molar-refractivity contribution >= 4 is 21.9 Å². The van der Waals surface area contributed by atoms with Gasteiger partial charge in [0.1, 0.15) is 5.82 Å². The summed E-state index contributed by atoms with van der Waals surface area (Å²) in [5, 5.41) is 3.09. The summed E-state index contributed by atoms with van der Waals surface area (Å²) in [5.74, 6) is 1.000. The molecule has 19 heavy (non-hydrogen) atoms. The number of nitrogens with zero attached hydrogens (tertiary/aromatic N) is 1. The van der Waals surface area contributed by atoms with Crippen molar-refractivity contribution in [3.63, 3.8) is 0 Å². The number of nitrogens with one attached hydrogen (secondary N) is 1. The molecular formula is C14H19BrFN3. The van der Waals surface area contributed by atoms with E-state index in [1.807, 2.05) is 0 Å². The molecule has 1 aliphatic carbocycles. The van der Waals surface area contributed by atoms with Crippen molar-refractivity contribution in [3.8, 4) is 0 Å². The van der Waals surface area contributed by atoms with Crippen LogP contribution in [0.5, 0.6) is 0 Å². The highest BCUT2D eigenvalue weighted by atomic mass is 79.9. The molecule has 1 aromatic carbocycles. The molecule has 0 heterocycles. The van der Waals surface area contributed by atoms with E-state index in [9.17, 15) is 4.39 Å². The van der Waals surface area contributed by atoms with Gasteiger partial charge in [-0.1, -0.05) is 12.5 Å². The number of rotatable bonds is 5. The fraction of sp³-hybridized carbons (Fsp3) is 0.500. The molecule has 5 heteroatoms. The standard InChI is InChI=1S/C14H19BrFN3/c15-12-8-10(4-5-13(12)16)6-7-18-14(17)19-9-11-2-1-3-11/h4-5,8,11H,1-3,6-7,9H2,(H3,17,18,19). The van der Waals surface area contributed by atoms with Gasteiger partial charge < -0.3 is 11.1 Å². The number of hydrogen-bond acceptors (Lipinski definition) is 1. The van der Waals surface area contributed by atoms with Crippen molar-refractivity contribution in [2.24, 2.45) is 16.6 Å². The van der Waals surface area contributed by atoms with Crippen LogP contribution in [0.1, 0.15) is 24.8 Å². The molecule has 0 spiro atoms. The first-order valence-electron chi connectivity index (χ1n) is 6.63. The Bertz CT molecular complexity index is 458. The van der Waals surface area contributed by atoms with Gasteiger partial charge in [0, 0.05) is 13.1 Å². The molecule has 0 bridgehead atoms. The van der Waals surface area contributed by atoms with Crippen LogP contribution in [0.4, 0.5) is 4.39 Å². The molecule has 0 radical (unpaired) electrons. The predicted octanol–water partition coefficient (Wildman–Crippen LogP) is 2.84. The molecular weight excluding hydrogens is 309 g/mol. The van der Waals surface area contributed by atoms with Crippen LogP contribution in [0.25, 0.3) is 0 Å². The topological polar surface area (TPSA) is 50.4 Å². The quantitative estimate of drug-likeness (QED) is 0.645. The van der Waals surface area contributed by atoms with E-state index in [-0.39, 0.29) is 5.82 Å². The Morgan fingerprint density at radius 2 is 2.26 bits per heavy atom. The summed E-state index contributed by atoms with van der Waals surface area (Å²) in [7, 11) is 0. The molecule has 1 aromatic rings.